The zero-order chi connectivity index (χ0) is 20.7. The monoisotopic (exact) mass is 422 g/mol. The van der Waals surface area contributed by atoms with E-state index in [4.69, 9.17) is 16.6 Å². The molecule has 2 heterocycles. The summed E-state index contributed by atoms with van der Waals surface area (Å²) in [6.45, 7) is 7.09. The number of fused-ring (bicyclic) bond motifs is 3. The number of halogens is 1. The normalized spacial score (nSPS) is 12.5. The summed E-state index contributed by atoms with van der Waals surface area (Å²) >= 11 is 7.93. The molecule has 2 aromatic carbocycles. The van der Waals surface area contributed by atoms with Crippen LogP contribution in [-0.2, 0) is 17.8 Å². The van der Waals surface area contributed by atoms with Gasteiger partial charge in [0.2, 0.25) is 0 Å². The van der Waals surface area contributed by atoms with E-state index in [1.807, 2.05) is 6.07 Å². The van der Waals surface area contributed by atoms with E-state index >= 15 is 0 Å². The fourth-order valence-corrected chi connectivity index (χ4v) is 5.17. The van der Waals surface area contributed by atoms with E-state index in [1.54, 1.807) is 18.1 Å². The number of pyridine rings is 1. The molecule has 0 unspecified atom stereocenters. The van der Waals surface area contributed by atoms with Crippen molar-refractivity contribution in [1.29, 1.82) is 0 Å². The van der Waals surface area contributed by atoms with Gasteiger partial charge >= 0.3 is 0 Å². The van der Waals surface area contributed by atoms with Crippen LogP contribution in [0.4, 0.5) is 5.69 Å². The van der Waals surface area contributed by atoms with Gasteiger partial charge in [-0.15, -0.1) is 0 Å². The van der Waals surface area contributed by atoms with E-state index in [9.17, 15) is 4.79 Å². The molecule has 0 atom stereocenters. The molecule has 3 aromatic rings. The van der Waals surface area contributed by atoms with Crippen LogP contribution in [0.25, 0.3) is 22.4 Å². The van der Waals surface area contributed by atoms with E-state index in [-0.39, 0.29) is 0 Å². The first-order valence-electron chi connectivity index (χ1n) is 9.59. The van der Waals surface area contributed by atoms with E-state index in [0.29, 0.717) is 11.4 Å². The molecule has 0 spiro atoms. The van der Waals surface area contributed by atoms with Crippen molar-refractivity contribution in [1.82, 2.24) is 4.98 Å². The number of benzene rings is 2. The zero-order valence-electron chi connectivity index (χ0n) is 17.0. The van der Waals surface area contributed by atoms with Crippen LogP contribution >= 0.6 is 23.5 Å². The second-order valence-electron chi connectivity index (χ2n) is 7.44. The van der Waals surface area contributed by atoms with Gasteiger partial charge in [0.1, 0.15) is 6.29 Å². The van der Waals surface area contributed by atoms with Crippen LogP contribution in [0, 0.1) is 20.8 Å². The summed E-state index contributed by atoms with van der Waals surface area (Å²) in [4.78, 5) is 16.3. The smallest absolute Gasteiger partial charge is 0.124 e. The molecule has 0 saturated carbocycles. The number of nitrogens with zero attached hydrogens (tertiary/aromatic N) is 2. The first-order chi connectivity index (χ1) is 14.0. The Bertz CT molecular complexity index is 1110. The first kappa shape index (κ1) is 20.0. The number of carbonyl (C=O) groups is 1. The van der Waals surface area contributed by atoms with Crippen molar-refractivity contribution in [2.24, 2.45) is 0 Å². The molecule has 0 radical (unpaired) electrons. The second kappa shape index (κ2) is 7.85. The molecule has 0 aliphatic carbocycles. The lowest BCUT2D eigenvalue weighted by atomic mass is 9.82. The van der Waals surface area contributed by atoms with Gasteiger partial charge in [-0.1, -0.05) is 53.4 Å². The molecule has 0 saturated heterocycles. The van der Waals surface area contributed by atoms with Crippen molar-refractivity contribution < 1.29 is 4.79 Å². The van der Waals surface area contributed by atoms with Gasteiger partial charge in [0, 0.05) is 30.0 Å². The maximum atomic E-state index is 11.6. The number of rotatable bonds is 4. The minimum absolute atomic E-state index is 0.395. The Morgan fingerprint density at radius 3 is 2.52 bits per heavy atom. The SMILES string of the molecule is CSN1Cc2cc(Cl)cnc2-c2c(C)c(-c3ccc(C)cc3)c(CC=O)c(C)c21. The van der Waals surface area contributed by atoms with Crippen molar-refractivity contribution >= 4 is 35.5 Å². The van der Waals surface area contributed by atoms with Gasteiger partial charge in [0.25, 0.3) is 0 Å². The van der Waals surface area contributed by atoms with Crippen molar-refractivity contribution in [3.8, 4) is 22.4 Å². The minimum atomic E-state index is 0.395. The fraction of sp³-hybridized carbons (Fsp3) is 0.250. The molecule has 0 amide bonds. The zero-order valence-corrected chi connectivity index (χ0v) is 18.6. The molecule has 5 heteroatoms. The molecule has 148 valence electrons. The maximum Gasteiger partial charge on any atom is 0.124 e. The number of aldehydes is 1. The third kappa shape index (κ3) is 3.34. The van der Waals surface area contributed by atoms with Crippen molar-refractivity contribution in [2.45, 2.75) is 33.7 Å². The van der Waals surface area contributed by atoms with Gasteiger partial charge in [-0.3, -0.25) is 4.98 Å². The summed E-state index contributed by atoms with van der Waals surface area (Å²) in [5.41, 5.74) is 11.3. The molecule has 29 heavy (non-hydrogen) atoms. The molecular formula is C24H23ClN2OS. The highest BCUT2D eigenvalue weighted by atomic mass is 35.5. The van der Waals surface area contributed by atoms with E-state index in [2.05, 4.69) is 55.6 Å². The summed E-state index contributed by atoms with van der Waals surface area (Å²) < 4.78 is 2.28. The molecule has 4 rings (SSSR count). The highest BCUT2D eigenvalue weighted by molar-refractivity contribution is 7.99. The Morgan fingerprint density at radius 2 is 1.86 bits per heavy atom. The first-order valence-corrected chi connectivity index (χ1v) is 11.1. The lowest BCUT2D eigenvalue weighted by molar-refractivity contribution is -0.107. The minimum Gasteiger partial charge on any atom is -0.311 e. The number of hydrogen-bond donors (Lipinski definition) is 0. The number of carbonyl (C=O) groups excluding carboxylic acids is 1. The Kier molecular flexibility index (Phi) is 5.41. The predicted octanol–water partition coefficient (Wildman–Crippen LogP) is 6.33. The van der Waals surface area contributed by atoms with Crippen LogP contribution in [0.5, 0.6) is 0 Å². The van der Waals surface area contributed by atoms with Gasteiger partial charge in [0.15, 0.2) is 0 Å². The summed E-state index contributed by atoms with van der Waals surface area (Å²) in [5.74, 6) is 0. The largest absolute Gasteiger partial charge is 0.311 e. The Labute approximate surface area is 181 Å². The van der Waals surface area contributed by atoms with Crippen LogP contribution in [0.1, 0.15) is 27.8 Å². The summed E-state index contributed by atoms with van der Waals surface area (Å²) in [5, 5.41) is 0.652. The topological polar surface area (TPSA) is 33.2 Å². The van der Waals surface area contributed by atoms with Crippen molar-refractivity contribution in [3.63, 3.8) is 0 Å². The fourth-order valence-electron chi connectivity index (χ4n) is 4.31. The number of aromatic nitrogens is 1. The van der Waals surface area contributed by atoms with Gasteiger partial charge in [0.05, 0.1) is 22.9 Å². The van der Waals surface area contributed by atoms with E-state index in [1.165, 1.54) is 5.56 Å². The Hall–Kier alpha value is -2.30. The lowest BCUT2D eigenvalue weighted by Crippen LogP contribution is -2.22. The van der Waals surface area contributed by atoms with Gasteiger partial charge in [-0.2, -0.15) is 0 Å². The molecule has 1 aromatic heterocycles. The highest BCUT2D eigenvalue weighted by Gasteiger charge is 2.30. The predicted molar refractivity (Wildman–Crippen MR) is 124 cm³/mol. The van der Waals surface area contributed by atoms with E-state index in [0.717, 1.165) is 63.2 Å². The molecular weight excluding hydrogens is 400 g/mol. The lowest BCUT2D eigenvalue weighted by Gasteiger charge is -2.35. The third-order valence-corrected chi connectivity index (χ3v) is 6.64. The molecule has 0 bridgehead atoms. The molecule has 1 aliphatic rings. The molecule has 1 aliphatic heterocycles. The van der Waals surface area contributed by atoms with Crippen molar-refractivity contribution in [2.75, 3.05) is 10.6 Å². The number of anilines is 1. The van der Waals surface area contributed by atoms with Gasteiger partial charge in [-0.25, -0.2) is 0 Å². The van der Waals surface area contributed by atoms with Crippen LogP contribution in [-0.4, -0.2) is 17.5 Å². The Morgan fingerprint density at radius 1 is 1.14 bits per heavy atom. The third-order valence-electron chi connectivity index (χ3n) is 5.68. The van der Waals surface area contributed by atoms with Gasteiger partial charge in [-0.05, 0) is 54.7 Å². The average molecular weight is 423 g/mol. The van der Waals surface area contributed by atoms with Crippen LogP contribution in [0.3, 0.4) is 0 Å². The van der Waals surface area contributed by atoms with E-state index < -0.39 is 0 Å². The summed E-state index contributed by atoms with van der Waals surface area (Å²) in [7, 11) is 0. The summed E-state index contributed by atoms with van der Waals surface area (Å²) in [6, 6.07) is 10.5. The van der Waals surface area contributed by atoms with Crippen LogP contribution in [0.2, 0.25) is 5.02 Å². The highest BCUT2D eigenvalue weighted by Crippen LogP contribution is 2.49. The Balaban J connectivity index is 2.10. The molecule has 0 N–H and O–H groups in total. The number of hydrogen-bond acceptors (Lipinski definition) is 4. The summed E-state index contributed by atoms with van der Waals surface area (Å²) in [6.07, 6.45) is 5.20. The molecule has 0 fully saturated rings. The average Bonchev–Trinajstić information content (AvgIpc) is 2.71. The second-order valence-corrected chi connectivity index (χ2v) is 8.69. The maximum absolute atomic E-state index is 11.6. The standard InChI is InChI=1S/C24H23ClN2OS/c1-14-5-7-17(8-6-14)21-16(3)22-23-18(11-19(25)12-26-23)13-27(29-4)24(22)15(2)20(21)9-10-28/h5-8,10-12H,9,13H2,1-4H3. The van der Waals surface area contributed by atoms with Gasteiger partial charge < -0.3 is 9.10 Å². The molecule has 3 nitrogen and oxygen atoms in total. The van der Waals surface area contributed by atoms with Crippen LogP contribution < -0.4 is 4.31 Å². The van der Waals surface area contributed by atoms with Crippen molar-refractivity contribution in [3.05, 3.63) is 69.4 Å². The quantitative estimate of drug-likeness (QED) is 0.363. The van der Waals surface area contributed by atoms with Crippen LogP contribution in [0.15, 0.2) is 36.5 Å². The number of aryl methyl sites for hydroxylation is 1.